The molecule has 0 aliphatic carbocycles. The van der Waals surface area contributed by atoms with E-state index in [0.717, 1.165) is 11.8 Å². The summed E-state index contributed by atoms with van der Waals surface area (Å²) in [5, 5.41) is 9.48. The van der Waals surface area contributed by atoms with Crippen molar-refractivity contribution < 1.29 is 18.3 Å². The Morgan fingerprint density at radius 2 is 1.78 bits per heavy atom. The van der Waals surface area contributed by atoms with Gasteiger partial charge in [0.05, 0.1) is 11.8 Å². The van der Waals surface area contributed by atoms with E-state index < -0.39 is 16.0 Å². The molecule has 0 heterocycles. The molecule has 23 heavy (non-hydrogen) atoms. The highest BCUT2D eigenvalue weighted by Crippen LogP contribution is 2.34. The summed E-state index contributed by atoms with van der Waals surface area (Å²) in [5.41, 5.74) is 2.79. The third kappa shape index (κ3) is 4.10. The second-order valence-electron chi connectivity index (χ2n) is 5.68. The number of carboxylic acids is 1. The Morgan fingerprint density at radius 1 is 1.13 bits per heavy atom. The number of hydrogen-bond acceptors (Lipinski definition) is 3. The van der Waals surface area contributed by atoms with Gasteiger partial charge in [-0.15, -0.1) is 0 Å². The number of rotatable bonds is 5. The summed E-state index contributed by atoms with van der Waals surface area (Å²) in [7, 11) is -3.40. The molecule has 0 aliphatic heterocycles. The van der Waals surface area contributed by atoms with Crippen LogP contribution in [0, 0.1) is 0 Å². The first-order valence-corrected chi connectivity index (χ1v) is 9.02. The maximum Gasteiger partial charge on any atom is 0.336 e. The zero-order chi connectivity index (χ0) is 17.2. The average molecular weight is 333 g/mol. The van der Waals surface area contributed by atoms with Gasteiger partial charge in [0, 0.05) is 5.69 Å². The van der Waals surface area contributed by atoms with Crippen LogP contribution in [-0.4, -0.2) is 25.7 Å². The van der Waals surface area contributed by atoms with Crippen molar-refractivity contribution in [3.63, 3.8) is 0 Å². The van der Waals surface area contributed by atoms with E-state index in [2.05, 4.69) is 4.72 Å². The predicted octanol–water partition coefficient (Wildman–Crippen LogP) is 3.55. The monoisotopic (exact) mass is 333 g/mol. The minimum Gasteiger partial charge on any atom is -0.478 e. The summed E-state index contributed by atoms with van der Waals surface area (Å²) < 4.78 is 25.2. The molecule has 2 aromatic carbocycles. The largest absolute Gasteiger partial charge is 0.478 e. The Balaban J connectivity index is 2.66. The van der Waals surface area contributed by atoms with Crippen molar-refractivity contribution in [2.75, 3.05) is 11.0 Å². The van der Waals surface area contributed by atoms with E-state index in [1.165, 1.54) is 0 Å². The number of carbonyl (C=O) groups is 1. The summed E-state index contributed by atoms with van der Waals surface area (Å²) in [6.07, 6.45) is 1.07. The molecule has 0 radical (unpaired) electrons. The lowest BCUT2D eigenvalue weighted by molar-refractivity contribution is 0.0697. The Morgan fingerprint density at radius 3 is 2.35 bits per heavy atom. The SMILES string of the molecule is CC(C)c1cccc(C(=O)O)c1-c1cccc(NS(C)(=O)=O)c1. The molecular weight excluding hydrogens is 314 g/mol. The first kappa shape index (κ1) is 17.0. The summed E-state index contributed by atoms with van der Waals surface area (Å²) in [5.74, 6) is -0.875. The van der Waals surface area contributed by atoms with E-state index in [9.17, 15) is 18.3 Å². The lowest BCUT2D eigenvalue weighted by Crippen LogP contribution is -2.09. The number of benzene rings is 2. The molecule has 0 aliphatic rings. The molecule has 0 unspecified atom stereocenters. The van der Waals surface area contributed by atoms with Crippen LogP contribution in [0.15, 0.2) is 42.5 Å². The van der Waals surface area contributed by atoms with Crippen molar-refractivity contribution in [3.8, 4) is 11.1 Å². The van der Waals surface area contributed by atoms with E-state index >= 15 is 0 Å². The first-order valence-electron chi connectivity index (χ1n) is 7.13. The maximum atomic E-state index is 11.6. The summed E-state index contributed by atoms with van der Waals surface area (Å²) >= 11 is 0. The minimum absolute atomic E-state index is 0.135. The molecule has 6 heteroatoms. The van der Waals surface area contributed by atoms with Crippen molar-refractivity contribution in [2.45, 2.75) is 19.8 Å². The number of nitrogens with one attached hydrogen (secondary N) is 1. The van der Waals surface area contributed by atoms with Gasteiger partial charge >= 0.3 is 5.97 Å². The summed E-state index contributed by atoms with van der Waals surface area (Å²) in [6, 6.07) is 11.9. The van der Waals surface area contributed by atoms with Gasteiger partial charge in [-0.25, -0.2) is 13.2 Å². The Bertz CT molecular complexity index is 841. The summed E-state index contributed by atoms with van der Waals surface area (Å²) in [6.45, 7) is 3.98. The number of anilines is 1. The zero-order valence-corrected chi connectivity index (χ0v) is 14.0. The van der Waals surface area contributed by atoms with E-state index in [1.54, 1.807) is 36.4 Å². The first-order chi connectivity index (χ1) is 10.7. The quantitative estimate of drug-likeness (QED) is 0.876. The highest BCUT2D eigenvalue weighted by molar-refractivity contribution is 7.92. The highest BCUT2D eigenvalue weighted by Gasteiger charge is 2.18. The molecule has 2 N–H and O–H groups in total. The molecule has 2 rings (SSSR count). The van der Waals surface area contributed by atoms with Gasteiger partial charge in [-0.05, 0) is 40.8 Å². The van der Waals surface area contributed by atoms with Crippen molar-refractivity contribution >= 4 is 21.7 Å². The zero-order valence-electron chi connectivity index (χ0n) is 13.2. The second-order valence-corrected chi connectivity index (χ2v) is 7.43. The van der Waals surface area contributed by atoms with Gasteiger partial charge in [0.2, 0.25) is 10.0 Å². The fourth-order valence-electron chi connectivity index (χ4n) is 2.50. The second kappa shape index (κ2) is 6.42. The van der Waals surface area contributed by atoms with E-state index in [1.807, 2.05) is 19.9 Å². The van der Waals surface area contributed by atoms with Crippen LogP contribution in [0.4, 0.5) is 5.69 Å². The van der Waals surface area contributed by atoms with Crippen LogP contribution in [0.1, 0.15) is 35.7 Å². The highest BCUT2D eigenvalue weighted by atomic mass is 32.2. The van der Waals surface area contributed by atoms with Crippen LogP contribution in [-0.2, 0) is 10.0 Å². The minimum atomic E-state index is -3.40. The molecule has 0 bridgehead atoms. The maximum absolute atomic E-state index is 11.6. The van der Waals surface area contributed by atoms with E-state index in [4.69, 9.17) is 0 Å². The third-order valence-electron chi connectivity index (χ3n) is 3.40. The molecule has 0 amide bonds. The fraction of sp³-hybridized carbons (Fsp3) is 0.235. The Labute approximate surface area is 136 Å². The predicted molar refractivity (Wildman–Crippen MR) is 91.4 cm³/mol. The Hall–Kier alpha value is -2.34. The topological polar surface area (TPSA) is 83.5 Å². The van der Waals surface area contributed by atoms with Gasteiger partial charge in [-0.3, -0.25) is 4.72 Å². The van der Waals surface area contributed by atoms with Gasteiger partial charge in [0.1, 0.15) is 0 Å². The lowest BCUT2D eigenvalue weighted by Gasteiger charge is -2.16. The van der Waals surface area contributed by atoms with Gasteiger partial charge in [0.15, 0.2) is 0 Å². The molecular formula is C17H19NO4S. The normalized spacial score (nSPS) is 11.5. The van der Waals surface area contributed by atoms with Crippen LogP contribution in [0.25, 0.3) is 11.1 Å². The molecule has 0 aromatic heterocycles. The number of hydrogen-bond donors (Lipinski definition) is 2. The molecule has 5 nitrogen and oxygen atoms in total. The molecule has 0 saturated carbocycles. The van der Waals surface area contributed by atoms with E-state index in [-0.39, 0.29) is 11.5 Å². The smallest absolute Gasteiger partial charge is 0.336 e. The van der Waals surface area contributed by atoms with Gasteiger partial charge in [0.25, 0.3) is 0 Å². The van der Waals surface area contributed by atoms with Crippen LogP contribution in [0.3, 0.4) is 0 Å². The third-order valence-corrected chi connectivity index (χ3v) is 4.01. The molecule has 2 aromatic rings. The number of aromatic carboxylic acids is 1. The van der Waals surface area contributed by atoms with Gasteiger partial charge < -0.3 is 5.11 Å². The van der Waals surface area contributed by atoms with E-state index in [0.29, 0.717) is 16.8 Å². The van der Waals surface area contributed by atoms with Crippen LogP contribution >= 0.6 is 0 Å². The molecule has 0 atom stereocenters. The fourth-order valence-corrected chi connectivity index (χ4v) is 3.06. The standard InChI is InChI=1S/C17H19NO4S/c1-11(2)14-8-5-9-15(17(19)20)16(14)12-6-4-7-13(10-12)18-23(3,21)22/h4-11,18H,1-3H3,(H,19,20). The molecule has 122 valence electrons. The molecule has 0 fully saturated rings. The molecule has 0 spiro atoms. The van der Waals surface area contributed by atoms with Gasteiger partial charge in [-0.1, -0.05) is 38.1 Å². The van der Waals surface area contributed by atoms with Crippen LogP contribution in [0.2, 0.25) is 0 Å². The Kier molecular flexibility index (Phi) is 4.75. The number of carboxylic acid groups (broad SMARTS) is 1. The lowest BCUT2D eigenvalue weighted by atomic mass is 9.88. The van der Waals surface area contributed by atoms with Gasteiger partial charge in [-0.2, -0.15) is 0 Å². The molecule has 0 saturated heterocycles. The van der Waals surface area contributed by atoms with Crippen LogP contribution < -0.4 is 4.72 Å². The average Bonchev–Trinajstić information content (AvgIpc) is 2.44. The van der Waals surface area contributed by atoms with Crippen molar-refractivity contribution in [1.29, 1.82) is 0 Å². The van der Waals surface area contributed by atoms with Crippen molar-refractivity contribution in [1.82, 2.24) is 0 Å². The van der Waals surface area contributed by atoms with Crippen LogP contribution in [0.5, 0.6) is 0 Å². The van der Waals surface area contributed by atoms with Crippen molar-refractivity contribution in [2.24, 2.45) is 0 Å². The number of sulfonamides is 1. The van der Waals surface area contributed by atoms with Crippen molar-refractivity contribution in [3.05, 3.63) is 53.6 Å². The summed E-state index contributed by atoms with van der Waals surface area (Å²) in [4.78, 5) is 11.6.